The summed E-state index contributed by atoms with van der Waals surface area (Å²) in [4.78, 5) is 47.5. The Kier molecular flexibility index (Phi) is 4.93. The molecule has 2 atom stereocenters. The van der Waals surface area contributed by atoms with Crippen LogP contribution in [0.15, 0.2) is 0 Å². The van der Waals surface area contributed by atoms with Gasteiger partial charge in [0.2, 0.25) is 5.91 Å². The first-order valence-corrected chi connectivity index (χ1v) is 6.78. The van der Waals surface area contributed by atoms with E-state index in [4.69, 9.17) is 5.11 Å². The molecular formula is C13H21N3O5. The summed E-state index contributed by atoms with van der Waals surface area (Å²) in [6.07, 6.45) is 0.402. The van der Waals surface area contributed by atoms with Crippen LogP contribution in [0, 0.1) is 5.92 Å². The maximum absolute atomic E-state index is 12.1. The van der Waals surface area contributed by atoms with E-state index in [9.17, 15) is 19.2 Å². The quantitative estimate of drug-likeness (QED) is 0.594. The third-order valence-electron chi connectivity index (χ3n) is 3.60. The third-order valence-corrected chi connectivity index (χ3v) is 3.60. The van der Waals surface area contributed by atoms with E-state index in [0.717, 1.165) is 4.90 Å². The predicted molar refractivity (Wildman–Crippen MR) is 73.3 cm³/mol. The van der Waals surface area contributed by atoms with E-state index in [1.807, 2.05) is 0 Å². The Labute approximate surface area is 122 Å². The first-order chi connectivity index (χ1) is 9.62. The van der Waals surface area contributed by atoms with Crippen LogP contribution >= 0.6 is 0 Å². The second-order valence-electron chi connectivity index (χ2n) is 5.63. The smallest absolute Gasteiger partial charge is 0.326 e. The average Bonchev–Trinajstić information content (AvgIpc) is 2.59. The van der Waals surface area contributed by atoms with Gasteiger partial charge in [-0.15, -0.1) is 0 Å². The van der Waals surface area contributed by atoms with E-state index in [-0.39, 0.29) is 5.92 Å². The molecule has 21 heavy (non-hydrogen) atoms. The monoisotopic (exact) mass is 299 g/mol. The number of aliphatic carboxylic acids is 1. The number of carboxylic acid groups (broad SMARTS) is 1. The van der Waals surface area contributed by atoms with Crippen molar-refractivity contribution >= 4 is 23.8 Å². The van der Waals surface area contributed by atoms with Gasteiger partial charge in [0.25, 0.3) is 5.91 Å². The molecule has 0 aromatic carbocycles. The van der Waals surface area contributed by atoms with Gasteiger partial charge in [-0.25, -0.2) is 9.59 Å². The molecule has 1 aliphatic heterocycles. The largest absolute Gasteiger partial charge is 0.480 e. The van der Waals surface area contributed by atoms with Crippen molar-refractivity contribution in [2.75, 3.05) is 6.54 Å². The summed E-state index contributed by atoms with van der Waals surface area (Å²) < 4.78 is 0. The minimum atomic E-state index is -1.16. The summed E-state index contributed by atoms with van der Waals surface area (Å²) in [5, 5.41) is 13.8. The Bertz CT molecular complexity index is 476. The standard InChI is InChI=1S/C13H21N3O5/c1-5-13(4)11(20)16(12(21)15-13)6-8(17)14-9(7(2)3)10(18)19/h7,9H,5-6H2,1-4H3,(H,14,17)(H,15,21)(H,18,19). The van der Waals surface area contributed by atoms with Gasteiger partial charge in [-0.3, -0.25) is 14.5 Å². The molecule has 8 nitrogen and oxygen atoms in total. The normalized spacial score (nSPS) is 23.2. The maximum Gasteiger partial charge on any atom is 0.326 e. The van der Waals surface area contributed by atoms with Gasteiger partial charge in [-0.1, -0.05) is 20.8 Å². The topological polar surface area (TPSA) is 116 Å². The van der Waals surface area contributed by atoms with Crippen molar-refractivity contribution in [2.24, 2.45) is 5.92 Å². The fourth-order valence-corrected chi connectivity index (χ4v) is 2.01. The van der Waals surface area contributed by atoms with Gasteiger partial charge in [0.1, 0.15) is 18.1 Å². The number of imide groups is 1. The fraction of sp³-hybridized carbons (Fsp3) is 0.692. The Morgan fingerprint density at radius 3 is 2.33 bits per heavy atom. The molecule has 0 aromatic rings. The SMILES string of the molecule is CCC1(C)NC(=O)N(CC(=O)NC(C(=O)O)C(C)C)C1=O. The third kappa shape index (κ3) is 3.50. The van der Waals surface area contributed by atoms with Crippen molar-refractivity contribution in [1.29, 1.82) is 0 Å². The van der Waals surface area contributed by atoms with E-state index in [2.05, 4.69) is 10.6 Å². The Balaban J connectivity index is 2.73. The molecule has 8 heteroatoms. The zero-order valence-corrected chi connectivity index (χ0v) is 12.6. The minimum absolute atomic E-state index is 0.310. The second kappa shape index (κ2) is 6.11. The minimum Gasteiger partial charge on any atom is -0.480 e. The molecule has 1 rings (SSSR count). The molecule has 0 bridgehead atoms. The van der Waals surface area contributed by atoms with Crippen molar-refractivity contribution in [2.45, 2.75) is 45.7 Å². The van der Waals surface area contributed by atoms with Crippen molar-refractivity contribution in [3.05, 3.63) is 0 Å². The van der Waals surface area contributed by atoms with Crippen LogP contribution in [-0.2, 0) is 14.4 Å². The number of carboxylic acids is 1. The number of carbonyl (C=O) groups excluding carboxylic acids is 3. The number of amides is 4. The van der Waals surface area contributed by atoms with Gasteiger partial charge in [-0.2, -0.15) is 0 Å². The molecule has 3 N–H and O–H groups in total. The molecule has 1 saturated heterocycles. The van der Waals surface area contributed by atoms with Crippen LogP contribution < -0.4 is 10.6 Å². The zero-order chi connectivity index (χ0) is 16.4. The summed E-state index contributed by atoms with van der Waals surface area (Å²) in [5.41, 5.74) is -1.01. The first-order valence-electron chi connectivity index (χ1n) is 6.78. The molecule has 0 saturated carbocycles. The van der Waals surface area contributed by atoms with Gasteiger partial charge >= 0.3 is 12.0 Å². The van der Waals surface area contributed by atoms with Crippen molar-refractivity contribution in [3.63, 3.8) is 0 Å². The summed E-state index contributed by atoms with van der Waals surface area (Å²) in [6.45, 7) is 6.15. The average molecular weight is 299 g/mol. The van der Waals surface area contributed by atoms with Crippen molar-refractivity contribution in [3.8, 4) is 0 Å². The van der Waals surface area contributed by atoms with Crippen LogP contribution in [0.5, 0.6) is 0 Å². The number of hydrogen-bond donors (Lipinski definition) is 3. The van der Waals surface area contributed by atoms with Crippen LogP contribution in [0.4, 0.5) is 4.79 Å². The Morgan fingerprint density at radius 2 is 1.95 bits per heavy atom. The van der Waals surface area contributed by atoms with Crippen molar-refractivity contribution < 1.29 is 24.3 Å². The van der Waals surface area contributed by atoms with E-state index < -0.39 is 41.9 Å². The molecule has 2 unspecified atom stereocenters. The predicted octanol–water partition coefficient (Wildman–Crippen LogP) is -0.0677. The summed E-state index contributed by atoms with van der Waals surface area (Å²) in [6, 6.07) is -1.70. The van der Waals surface area contributed by atoms with Crippen molar-refractivity contribution in [1.82, 2.24) is 15.5 Å². The molecule has 1 heterocycles. The molecule has 4 amide bonds. The molecule has 1 aliphatic rings. The zero-order valence-electron chi connectivity index (χ0n) is 12.6. The second-order valence-corrected chi connectivity index (χ2v) is 5.63. The molecule has 1 fully saturated rings. The molecule has 0 spiro atoms. The number of hydrogen-bond acceptors (Lipinski definition) is 4. The molecular weight excluding hydrogens is 278 g/mol. The summed E-state index contributed by atoms with van der Waals surface area (Å²) in [7, 11) is 0. The summed E-state index contributed by atoms with van der Waals surface area (Å²) >= 11 is 0. The van der Waals surface area contributed by atoms with Gasteiger partial charge < -0.3 is 15.7 Å². The van der Waals surface area contributed by atoms with Crippen LogP contribution in [0.25, 0.3) is 0 Å². The van der Waals surface area contributed by atoms with Gasteiger partial charge in [-0.05, 0) is 19.3 Å². The van der Waals surface area contributed by atoms with Crippen LogP contribution in [0.3, 0.4) is 0 Å². The highest BCUT2D eigenvalue weighted by atomic mass is 16.4. The fourth-order valence-electron chi connectivity index (χ4n) is 2.01. The molecule has 0 radical (unpaired) electrons. The molecule has 118 valence electrons. The number of carbonyl (C=O) groups is 4. The van der Waals surface area contributed by atoms with Crippen LogP contribution in [-0.4, -0.2) is 51.9 Å². The first kappa shape index (κ1) is 16.9. The van der Waals surface area contributed by atoms with E-state index in [1.165, 1.54) is 0 Å². The number of nitrogens with zero attached hydrogens (tertiary/aromatic N) is 1. The highest BCUT2D eigenvalue weighted by molar-refractivity contribution is 6.08. The van der Waals surface area contributed by atoms with Gasteiger partial charge in [0.05, 0.1) is 0 Å². The number of urea groups is 1. The maximum atomic E-state index is 12.1. The number of rotatable bonds is 6. The van der Waals surface area contributed by atoms with E-state index in [1.54, 1.807) is 27.7 Å². The lowest BCUT2D eigenvalue weighted by atomic mass is 9.99. The Morgan fingerprint density at radius 1 is 1.38 bits per heavy atom. The lowest BCUT2D eigenvalue weighted by Gasteiger charge is -2.21. The lowest BCUT2D eigenvalue weighted by Crippen LogP contribution is -2.49. The van der Waals surface area contributed by atoms with Gasteiger partial charge in [0.15, 0.2) is 0 Å². The molecule has 0 aliphatic carbocycles. The number of nitrogens with one attached hydrogen (secondary N) is 2. The van der Waals surface area contributed by atoms with Crippen LogP contribution in [0.1, 0.15) is 34.1 Å². The van der Waals surface area contributed by atoms with E-state index >= 15 is 0 Å². The highest BCUT2D eigenvalue weighted by Crippen LogP contribution is 2.20. The highest BCUT2D eigenvalue weighted by Gasteiger charge is 2.47. The van der Waals surface area contributed by atoms with Crippen LogP contribution in [0.2, 0.25) is 0 Å². The Hall–Kier alpha value is -2.12. The lowest BCUT2D eigenvalue weighted by molar-refractivity contribution is -0.143. The molecule has 0 aromatic heterocycles. The summed E-state index contributed by atoms with van der Waals surface area (Å²) in [5.74, 6) is -2.63. The van der Waals surface area contributed by atoms with E-state index in [0.29, 0.717) is 6.42 Å². The van der Waals surface area contributed by atoms with Gasteiger partial charge in [0, 0.05) is 0 Å².